The van der Waals surface area contributed by atoms with Gasteiger partial charge in [0.15, 0.2) is 0 Å². The molecular weight excluding hydrogens is 340 g/mol. The predicted molar refractivity (Wildman–Crippen MR) is 97.0 cm³/mol. The second-order valence-corrected chi connectivity index (χ2v) is 7.29. The van der Waals surface area contributed by atoms with E-state index in [-0.39, 0.29) is 11.4 Å². The summed E-state index contributed by atoms with van der Waals surface area (Å²) in [6.07, 6.45) is 1.62. The zero-order valence-electron chi connectivity index (χ0n) is 13.9. The molecule has 0 aliphatic heterocycles. The highest BCUT2D eigenvalue weighted by molar-refractivity contribution is 7.89. The number of hydrogen-bond donors (Lipinski definition) is 1. The van der Waals surface area contributed by atoms with Crippen LogP contribution in [-0.2, 0) is 14.8 Å². The van der Waals surface area contributed by atoms with Crippen molar-refractivity contribution >= 4 is 21.6 Å². The van der Waals surface area contributed by atoms with Crippen LogP contribution in [0.5, 0.6) is 5.75 Å². The molecule has 0 heterocycles. The van der Waals surface area contributed by atoms with E-state index in [1.165, 1.54) is 19.2 Å². The molecule has 0 aromatic heterocycles. The van der Waals surface area contributed by atoms with E-state index >= 15 is 0 Å². The molecule has 0 radical (unpaired) electrons. The van der Waals surface area contributed by atoms with Gasteiger partial charge in [-0.05, 0) is 24.3 Å². The average molecular weight is 360 g/mol. The van der Waals surface area contributed by atoms with Crippen LogP contribution < -0.4 is 10.1 Å². The summed E-state index contributed by atoms with van der Waals surface area (Å²) in [6, 6.07) is 14.8. The van der Waals surface area contributed by atoms with Crippen molar-refractivity contribution in [1.82, 2.24) is 4.31 Å². The first-order valence-electron chi connectivity index (χ1n) is 7.58. The molecule has 0 unspecified atom stereocenters. The van der Waals surface area contributed by atoms with Gasteiger partial charge in [0.1, 0.15) is 12.4 Å². The second kappa shape index (κ2) is 8.46. The molecule has 6 nitrogen and oxygen atoms in total. The molecule has 132 valence electrons. The Morgan fingerprint density at radius 2 is 1.92 bits per heavy atom. The number of ether oxygens (including phenoxy) is 1. The van der Waals surface area contributed by atoms with Crippen LogP contribution in [0.4, 0.5) is 5.69 Å². The van der Waals surface area contributed by atoms with Crippen molar-refractivity contribution in [2.45, 2.75) is 4.90 Å². The molecule has 7 heteroatoms. The quantitative estimate of drug-likeness (QED) is 0.734. The SMILES string of the molecule is C=CCOc1cccc(NC(=O)CN(C)S(=O)(=O)c2ccccc2)c1. The molecule has 0 aliphatic carbocycles. The van der Waals surface area contributed by atoms with Crippen molar-refractivity contribution in [2.24, 2.45) is 0 Å². The number of carbonyl (C=O) groups is 1. The fraction of sp³-hybridized carbons (Fsp3) is 0.167. The van der Waals surface area contributed by atoms with Crippen LogP contribution in [0.25, 0.3) is 0 Å². The molecule has 1 amide bonds. The Morgan fingerprint density at radius 3 is 2.60 bits per heavy atom. The van der Waals surface area contributed by atoms with Crippen molar-refractivity contribution in [3.63, 3.8) is 0 Å². The monoisotopic (exact) mass is 360 g/mol. The van der Waals surface area contributed by atoms with Gasteiger partial charge in [-0.1, -0.05) is 36.9 Å². The van der Waals surface area contributed by atoms with Crippen molar-refractivity contribution in [1.29, 1.82) is 0 Å². The minimum Gasteiger partial charge on any atom is -0.489 e. The molecule has 2 rings (SSSR count). The van der Waals surface area contributed by atoms with Crippen molar-refractivity contribution in [2.75, 3.05) is 25.5 Å². The van der Waals surface area contributed by atoms with E-state index in [0.717, 1.165) is 4.31 Å². The minimum atomic E-state index is -3.71. The van der Waals surface area contributed by atoms with Gasteiger partial charge in [-0.25, -0.2) is 8.42 Å². The van der Waals surface area contributed by atoms with E-state index in [2.05, 4.69) is 11.9 Å². The molecule has 25 heavy (non-hydrogen) atoms. The van der Waals surface area contributed by atoms with Crippen LogP contribution in [0.15, 0.2) is 72.1 Å². The third-order valence-corrected chi connectivity index (χ3v) is 5.12. The molecule has 0 fully saturated rings. The van der Waals surface area contributed by atoms with Crippen LogP contribution >= 0.6 is 0 Å². The summed E-state index contributed by atoms with van der Waals surface area (Å²) in [6.45, 7) is 3.63. The van der Waals surface area contributed by atoms with Gasteiger partial charge in [0.05, 0.1) is 11.4 Å². The van der Waals surface area contributed by atoms with E-state index in [0.29, 0.717) is 18.0 Å². The number of amides is 1. The Morgan fingerprint density at radius 1 is 1.20 bits per heavy atom. The highest BCUT2D eigenvalue weighted by Crippen LogP contribution is 2.18. The number of benzene rings is 2. The summed E-state index contributed by atoms with van der Waals surface area (Å²) in [5.74, 6) is 0.144. The average Bonchev–Trinajstić information content (AvgIpc) is 2.60. The van der Waals surface area contributed by atoms with Crippen molar-refractivity contribution in [3.05, 3.63) is 67.3 Å². The lowest BCUT2D eigenvalue weighted by atomic mass is 10.3. The van der Waals surface area contributed by atoms with Crippen LogP contribution in [0.2, 0.25) is 0 Å². The molecule has 0 saturated heterocycles. The Bertz CT molecular complexity index is 835. The van der Waals surface area contributed by atoms with Gasteiger partial charge in [-0.3, -0.25) is 4.79 Å². The number of anilines is 1. The van der Waals surface area contributed by atoms with Gasteiger partial charge >= 0.3 is 0 Å². The zero-order chi connectivity index (χ0) is 18.3. The highest BCUT2D eigenvalue weighted by Gasteiger charge is 2.22. The molecule has 0 spiro atoms. The normalized spacial score (nSPS) is 11.1. The fourth-order valence-electron chi connectivity index (χ4n) is 2.08. The lowest BCUT2D eigenvalue weighted by Crippen LogP contribution is -2.34. The number of nitrogens with zero attached hydrogens (tertiary/aromatic N) is 1. The van der Waals surface area contributed by atoms with Gasteiger partial charge in [-0.15, -0.1) is 0 Å². The molecule has 0 atom stereocenters. The summed E-state index contributed by atoms with van der Waals surface area (Å²) >= 11 is 0. The minimum absolute atomic E-state index is 0.144. The van der Waals surface area contributed by atoms with Crippen LogP contribution in [0.3, 0.4) is 0 Å². The first-order chi connectivity index (χ1) is 11.9. The zero-order valence-corrected chi connectivity index (χ0v) is 14.7. The molecule has 2 aromatic rings. The molecule has 0 bridgehead atoms. The maximum absolute atomic E-state index is 12.4. The van der Waals surface area contributed by atoms with Gasteiger partial charge in [0.25, 0.3) is 0 Å². The summed E-state index contributed by atoms with van der Waals surface area (Å²) in [7, 11) is -2.34. The smallest absolute Gasteiger partial charge is 0.243 e. The lowest BCUT2D eigenvalue weighted by molar-refractivity contribution is -0.116. The van der Waals surface area contributed by atoms with E-state index in [4.69, 9.17) is 4.74 Å². The molecule has 0 saturated carbocycles. The Balaban J connectivity index is 2.01. The van der Waals surface area contributed by atoms with Crippen LogP contribution in [0.1, 0.15) is 0 Å². The highest BCUT2D eigenvalue weighted by atomic mass is 32.2. The van der Waals surface area contributed by atoms with Gasteiger partial charge in [0, 0.05) is 18.8 Å². The number of sulfonamides is 1. The van der Waals surface area contributed by atoms with E-state index in [9.17, 15) is 13.2 Å². The van der Waals surface area contributed by atoms with Gasteiger partial charge < -0.3 is 10.1 Å². The Labute approximate surface area is 147 Å². The van der Waals surface area contributed by atoms with Crippen molar-refractivity contribution < 1.29 is 17.9 Å². The summed E-state index contributed by atoms with van der Waals surface area (Å²) < 4.78 is 31.2. The summed E-state index contributed by atoms with van der Waals surface area (Å²) in [5, 5.41) is 2.66. The number of nitrogens with one attached hydrogen (secondary N) is 1. The number of hydrogen-bond acceptors (Lipinski definition) is 4. The van der Waals surface area contributed by atoms with Crippen LogP contribution in [0, 0.1) is 0 Å². The Kier molecular flexibility index (Phi) is 6.32. The first kappa shape index (κ1) is 18.7. The van der Waals surface area contributed by atoms with Gasteiger partial charge in [-0.2, -0.15) is 4.31 Å². The number of carbonyl (C=O) groups excluding carboxylic acids is 1. The predicted octanol–water partition coefficient (Wildman–Crippen LogP) is 2.51. The fourth-order valence-corrected chi connectivity index (χ4v) is 3.23. The maximum Gasteiger partial charge on any atom is 0.243 e. The third-order valence-electron chi connectivity index (χ3n) is 3.30. The van der Waals surface area contributed by atoms with Gasteiger partial charge in [0.2, 0.25) is 15.9 Å². The number of likely N-dealkylation sites (N-methyl/N-ethyl adjacent to an activating group) is 1. The molecule has 2 aromatic carbocycles. The first-order valence-corrected chi connectivity index (χ1v) is 9.02. The maximum atomic E-state index is 12.4. The second-order valence-electron chi connectivity index (χ2n) is 5.25. The largest absolute Gasteiger partial charge is 0.489 e. The standard InChI is InChI=1S/C18H20N2O4S/c1-3-12-24-16-9-7-8-15(13-16)19-18(21)14-20(2)25(22,23)17-10-5-4-6-11-17/h3-11,13H,1,12,14H2,2H3,(H,19,21). The van der Waals surface area contributed by atoms with Crippen LogP contribution in [-0.4, -0.2) is 38.8 Å². The summed E-state index contributed by atoms with van der Waals surface area (Å²) in [5.41, 5.74) is 0.525. The molecule has 0 aliphatic rings. The summed E-state index contributed by atoms with van der Waals surface area (Å²) in [4.78, 5) is 12.3. The van der Waals surface area contributed by atoms with E-state index in [1.807, 2.05) is 0 Å². The van der Waals surface area contributed by atoms with Crippen molar-refractivity contribution in [3.8, 4) is 5.75 Å². The topological polar surface area (TPSA) is 75.7 Å². The molecular formula is C18H20N2O4S. The lowest BCUT2D eigenvalue weighted by Gasteiger charge is -2.17. The number of rotatable bonds is 8. The molecule has 1 N–H and O–H groups in total. The third kappa shape index (κ3) is 5.17. The van der Waals surface area contributed by atoms with E-state index < -0.39 is 15.9 Å². The Hall–Kier alpha value is -2.64. The van der Waals surface area contributed by atoms with E-state index in [1.54, 1.807) is 48.5 Å².